The van der Waals surface area contributed by atoms with Crippen LogP contribution in [0.1, 0.15) is 19.6 Å². The van der Waals surface area contributed by atoms with Crippen molar-refractivity contribution in [1.82, 2.24) is 10.2 Å². The fourth-order valence-electron chi connectivity index (χ4n) is 1.48. The summed E-state index contributed by atoms with van der Waals surface area (Å²) in [7, 11) is 0. The smallest absolute Gasteiger partial charge is 0.328 e. The number of furan rings is 1. The number of nitrogens with zero attached hydrogens (tertiary/aromatic N) is 2. The van der Waals surface area contributed by atoms with Crippen molar-refractivity contribution in [2.75, 3.05) is 5.32 Å². The Bertz CT molecular complexity index is 587. The number of aryl methyl sites for hydroxylation is 1. The molecule has 0 aliphatic heterocycles. The van der Waals surface area contributed by atoms with Gasteiger partial charge in [-0.2, -0.15) is 0 Å². The number of hydrogen-bond donors (Lipinski definition) is 2. The molecule has 6 heteroatoms. The Balaban J connectivity index is 2.17. The number of aliphatic carboxylic acids is 1. The van der Waals surface area contributed by atoms with E-state index in [1.54, 1.807) is 26.0 Å². The molecule has 0 fully saturated rings. The van der Waals surface area contributed by atoms with E-state index in [4.69, 9.17) is 9.52 Å². The molecule has 0 saturated heterocycles. The second kappa shape index (κ2) is 4.72. The van der Waals surface area contributed by atoms with Gasteiger partial charge in [0.1, 0.15) is 22.8 Å². The van der Waals surface area contributed by atoms with Gasteiger partial charge < -0.3 is 14.8 Å². The number of carbonyl (C=O) groups is 1. The molecule has 2 N–H and O–H groups in total. The average Bonchev–Trinajstić information content (AvgIpc) is 2.76. The third kappa shape index (κ3) is 2.90. The molecule has 19 heavy (non-hydrogen) atoms. The molecule has 0 aromatic carbocycles. The van der Waals surface area contributed by atoms with Crippen molar-refractivity contribution in [3.05, 3.63) is 30.0 Å². The van der Waals surface area contributed by atoms with Gasteiger partial charge in [-0.1, -0.05) is 0 Å². The largest absolute Gasteiger partial charge is 0.480 e. The number of anilines is 1. The lowest BCUT2D eigenvalue weighted by Gasteiger charge is -2.21. The summed E-state index contributed by atoms with van der Waals surface area (Å²) in [5, 5.41) is 19.8. The van der Waals surface area contributed by atoms with Crippen LogP contribution in [0.3, 0.4) is 0 Å². The fourth-order valence-corrected chi connectivity index (χ4v) is 1.48. The zero-order chi connectivity index (χ0) is 14.0. The van der Waals surface area contributed by atoms with Crippen molar-refractivity contribution < 1.29 is 14.3 Å². The summed E-state index contributed by atoms with van der Waals surface area (Å²) < 4.78 is 5.43. The Labute approximate surface area is 110 Å². The molecule has 100 valence electrons. The predicted octanol–water partition coefficient (Wildman–Crippen LogP) is 2.32. The molecule has 0 saturated carbocycles. The molecule has 0 atom stereocenters. The maximum absolute atomic E-state index is 11.0. The first-order valence-electron chi connectivity index (χ1n) is 5.80. The van der Waals surface area contributed by atoms with Crippen molar-refractivity contribution in [2.24, 2.45) is 0 Å². The molecule has 0 aliphatic rings. The summed E-state index contributed by atoms with van der Waals surface area (Å²) in [6.07, 6.45) is 0. The van der Waals surface area contributed by atoms with Gasteiger partial charge in [-0.3, -0.25) is 0 Å². The molecule has 2 heterocycles. The van der Waals surface area contributed by atoms with Crippen LogP contribution in [-0.2, 0) is 4.79 Å². The zero-order valence-corrected chi connectivity index (χ0v) is 11.0. The van der Waals surface area contributed by atoms with Crippen molar-refractivity contribution in [3.63, 3.8) is 0 Å². The highest BCUT2D eigenvalue weighted by molar-refractivity contribution is 5.81. The van der Waals surface area contributed by atoms with Gasteiger partial charge in [-0.05, 0) is 45.0 Å². The molecular weight excluding hydrogens is 246 g/mol. The number of nitrogens with one attached hydrogen (secondary N) is 1. The summed E-state index contributed by atoms with van der Waals surface area (Å²) in [6.45, 7) is 4.96. The summed E-state index contributed by atoms with van der Waals surface area (Å²) in [5.74, 6) is 0.875. The van der Waals surface area contributed by atoms with Gasteiger partial charge in [0.05, 0.1) is 0 Å². The average molecular weight is 261 g/mol. The lowest BCUT2D eigenvalue weighted by Crippen LogP contribution is -2.40. The Hall–Kier alpha value is -2.37. The van der Waals surface area contributed by atoms with Crippen LogP contribution in [0.5, 0.6) is 0 Å². The van der Waals surface area contributed by atoms with Crippen LogP contribution in [0.15, 0.2) is 28.7 Å². The summed E-state index contributed by atoms with van der Waals surface area (Å²) in [6, 6.07) is 7.06. The van der Waals surface area contributed by atoms with E-state index in [1.807, 2.05) is 19.1 Å². The minimum absolute atomic E-state index is 0.402. The SMILES string of the molecule is Cc1ccc(-c2ccc(NC(C)(C)C(=O)O)nn2)o1. The van der Waals surface area contributed by atoms with Crippen LogP contribution in [0.2, 0.25) is 0 Å². The normalized spacial score (nSPS) is 11.3. The van der Waals surface area contributed by atoms with Gasteiger partial charge in [0, 0.05) is 0 Å². The van der Waals surface area contributed by atoms with Gasteiger partial charge in [0.2, 0.25) is 0 Å². The fraction of sp³-hybridized carbons (Fsp3) is 0.308. The van der Waals surface area contributed by atoms with Crippen LogP contribution >= 0.6 is 0 Å². The molecule has 2 aromatic rings. The number of hydrogen-bond acceptors (Lipinski definition) is 5. The molecule has 0 unspecified atom stereocenters. The topological polar surface area (TPSA) is 88.2 Å². The molecule has 0 bridgehead atoms. The minimum Gasteiger partial charge on any atom is -0.480 e. The van der Waals surface area contributed by atoms with E-state index in [9.17, 15) is 4.79 Å². The Kier molecular flexibility index (Phi) is 3.25. The Morgan fingerprint density at radius 1 is 1.26 bits per heavy atom. The van der Waals surface area contributed by atoms with Crippen LogP contribution in [-0.4, -0.2) is 26.8 Å². The maximum atomic E-state index is 11.0. The van der Waals surface area contributed by atoms with Crippen molar-refractivity contribution in [1.29, 1.82) is 0 Å². The van der Waals surface area contributed by atoms with E-state index >= 15 is 0 Å². The second-order valence-electron chi connectivity index (χ2n) is 4.77. The first-order chi connectivity index (χ1) is 8.88. The first kappa shape index (κ1) is 13.1. The predicted molar refractivity (Wildman–Crippen MR) is 69.8 cm³/mol. The van der Waals surface area contributed by atoms with E-state index in [-0.39, 0.29) is 0 Å². The molecule has 0 amide bonds. The number of rotatable bonds is 4. The molecule has 2 rings (SSSR count). The molecule has 0 aliphatic carbocycles. The highest BCUT2D eigenvalue weighted by Crippen LogP contribution is 2.20. The molecule has 0 spiro atoms. The number of carboxylic acid groups (broad SMARTS) is 1. The van der Waals surface area contributed by atoms with Gasteiger partial charge in [0.25, 0.3) is 0 Å². The van der Waals surface area contributed by atoms with Gasteiger partial charge in [-0.15, -0.1) is 10.2 Å². The minimum atomic E-state index is -1.10. The van der Waals surface area contributed by atoms with Crippen LogP contribution < -0.4 is 5.32 Å². The molecule has 0 radical (unpaired) electrons. The van der Waals surface area contributed by atoms with Crippen molar-refractivity contribution in [2.45, 2.75) is 26.3 Å². The number of aromatic nitrogens is 2. The molecular formula is C13H15N3O3. The highest BCUT2D eigenvalue weighted by Gasteiger charge is 2.27. The van der Waals surface area contributed by atoms with Gasteiger partial charge >= 0.3 is 5.97 Å². The number of carboxylic acids is 1. The maximum Gasteiger partial charge on any atom is 0.328 e. The van der Waals surface area contributed by atoms with E-state index in [0.717, 1.165) is 5.76 Å². The van der Waals surface area contributed by atoms with E-state index in [0.29, 0.717) is 17.3 Å². The highest BCUT2D eigenvalue weighted by atomic mass is 16.4. The summed E-state index contributed by atoms with van der Waals surface area (Å²) in [5.41, 5.74) is -0.496. The quantitative estimate of drug-likeness (QED) is 0.878. The van der Waals surface area contributed by atoms with E-state index < -0.39 is 11.5 Å². The zero-order valence-electron chi connectivity index (χ0n) is 11.0. The lowest BCUT2D eigenvalue weighted by atomic mass is 10.1. The monoisotopic (exact) mass is 261 g/mol. The third-order valence-corrected chi connectivity index (χ3v) is 2.63. The van der Waals surface area contributed by atoms with Crippen LogP contribution in [0.25, 0.3) is 11.5 Å². The summed E-state index contributed by atoms with van der Waals surface area (Å²) in [4.78, 5) is 11.0. The standard InChI is InChI=1S/C13H15N3O3/c1-8-4-6-10(19-8)9-5-7-11(16-15-9)14-13(2,3)12(17)18/h4-7H,1-3H3,(H,14,16)(H,17,18). The van der Waals surface area contributed by atoms with Crippen molar-refractivity contribution in [3.8, 4) is 11.5 Å². The Morgan fingerprint density at radius 3 is 2.47 bits per heavy atom. The van der Waals surface area contributed by atoms with Gasteiger partial charge in [0.15, 0.2) is 5.76 Å². The molecule has 2 aromatic heterocycles. The van der Waals surface area contributed by atoms with Gasteiger partial charge in [-0.25, -0.2) is 4.79 Å². The third-order valence-electron chi connectivity index (χ3n) is 2.63. The van der Waals surface area contributed by atoms with E-state index in [2.05, 4.69) is 15.5 Å². The second-order valence-corrected chi connectivity index (χ2v) is 4.77. The van der Waals surface area contributed by atoms with E-state index in [1.165, 1.54) is 0 Å². The lowest BCUT2D eigenvalue weighted by molar-refractivity contribution is -0.141. The summed E-state index contributed by atoms with van der Waals surface area (Å²) >= 11 is 0. The van der Waals surface area contributed by atoms with Crippen LogP contribution in [0.4, 0.5) is 5.82 Å². The van der Waals surface area contributed by atoms with Crippen molar-refractivity contribution >= 4 is 11.8 Å². The molecule has 6 nitrogen and oxygen atoms in total. The first-order valence-corrected chi connectivity index (χ1v) is 5.80. The Morgan fingerprint density at radius 2 is 2.00 bits per heavy atom. The van der Waals surface area contributed by atoms with Crippen LogP contribution in [0, 0.1) is 6.92 Å².